The van der Waals surface area contributed by atoms with Crippen LogP contribution in [0.1, 0.15) is 29.3 Å². The minimum Gasteiger partial charge on any atom is -0.143 e. The smallest absolute Gasteiger partial charge is 0.0380 e. The number of allylic oxidation sites excluding steroid dienone is 4. The van der Waals surface area contributed by atoms with E-state index in [1.165, 1.54) is 27.2 Å². The Kier molecular flexibility index (Phi) is 2.12. The van der Waals surface area contributed by atoms with Gasteiger partial charge < -0.3 is 0 Å². The zero-order valence-electron chi connectivity index (χ0n) is 8.27. The summed E-state index contributed by atoms with van der Waals surface area (Å²) < 4.78 is 0. The first kappa shape index (κ1) is 8.76. The summed E-state index contributed by atoms with van der Waals surface area (Å²) in [6.07, 6.45) is 6.63. The predicted molar refractivity (Wildman–Crippen MR) is 58.8 cm³/mol. The van der Waals surface area contributed by atoms with Gasteiger partial charge in [-0.3, -0.25) is 0 Å². The summed E-state index contributed by atoms with van der Waals surface area (Å²) in [6.45, 7) is 6.54. The topological polar surface area (TPSA) is 0 Å². The maximum absolute atomic E-state index is 3.41. The van der Waals surface area contributed by atoms with E-state index in [-0.39, 0.29) is 0 Å². The van der Waals surface area contributed by atoms with Crippen molar-refractivity contribution in [2.24, 2.45) is 0 Å². The van der Waals surface area contributed by atoms with Crippen molar-refractivity contribution in [2.75, 3.05) is 0 Å². The second kappa shape index (κ2) is 3.15. The molecule has 13 heavy (non-hydrogen) atoms. The summed E-state index contributed by atoms with van der Waals surface area (Å²) in [5, 5.41) is 2.23. The minimum absolute atomic E-state index is 0.984. The number of aryl methyl sites for hydroxylation is 1. The Morgan fingerprint density at radius 2 is 2.08 bits per heavy atom. The molecule has 1 aromatic heterocycles. The van der Waals surface area contributed by atoms with Gasteiger partial charge in [0.05, 0.1) is 0 Å². The van der Waals surface area contributed by atoms with E-state index in [4.69, 9.17) is 0 Å². The third-order valence-electron chi connectivity index (χ3n) is 2.59. The molecule has 1 heterocycles. The van der Waals surface area contributed by atoms with Crippen molar-refractivity contribution in [1.82, 2.24) is 0 Å². The van der Waals surface area contributed by atoms with E-state index < -0.39 is 0 Å². The lowest BCUT2D eigenvalue weighted by molar-refractivity contribution is 1.38. The van der Waals surface area contributed by atoms with Crippen molar-refractivity contribution in [3.63, 3.8) is 0 Å². The van der Waals surface area contributed by atoms with E-state index in [9.17, 15) is 0 Å². The molecule has 0 unspecified atom stereocenters. The van der Waals surface area contributed by atoms with Gasteiger partial charge in [-0.1, -0.05) is 6.08 Å². The summed E-state index contributed by atoms with van der Waals surface area (Å²) in [4.78, 5) is 1.41. The number of hydrogen-bond donors (Lipinski definition) is 0. The second-order valence-corrected chi connectivity index (χ2v) is 4.40. The first-order valence-corrected chi connectivity index (χ1v) is 5.41. The molecule has 1 aromatic rings. The molecular weight excluding hydrogens is 176 g/mol. The molecule has 0 nitrogen and oxygen atoms in total. The maximum Gasteiger partial charge on any atom is 0.0380 e. The molecule has 1 heteroatoms. The molecule has 0 aromatic carbocycles. The fourth-order valence-electron chi connectivity index (χ4n) is 1.56. The standard InChI is InChI=1S/C12H13S/c1-8-5-4-6-11(8)12-10(3)9(2)7-13-12/h5,7H,4H2,1-3H3. The van der Waals surface area contributed by atoms with E-state index in [1.54, 1.807) is 0 Å². The van der Waals surface area contributed by atoms with Gasteiger partial charge in [-0.05, 0) is 60.9 Å². The first-order valence-electron chi connectivity index (χ1n) is 4.53. The van der Waals surface area contributed by atoms with Crippen molar-refractivity contribution in [1.29, 1.82) is 0 Å². The molecule has 0 saturated carbocycles. The summed E-state index contributed by atoms with van der Waals surface area (Å²) in [5.41, 5.74) is 5.52. The average Bonchev–Trinajstić information content (AvgIpc) is 2.62. The van der Waals surface area contributed by atoms with Crippen molar-refractivity contribution < 1.29 is 0 Å². The summed E-state index contributed by atoms with van der Waals surface area (Å²) >= 11 is 1.84. The van der Waals surface area contributed by atoms with Gasteiger partial charge in [0.25, 0.3) is 0 Å². The summed E-state index contributed by atoms with van der Waals surface area (Å²) in [7, 11) is 0. The number of thiophene rings is 1. The van der Waals surface area contributed by atoms with Gasteiger partial charge in [0.2, 0.25) is 0 Å². The van der Waals surface area contributed by atoms with Gasteiger partial charge in [-0.15, -0.1) is 11.3 Å². The van der Waals surface area contributed by atoms with Gasteiger partial charge in [0, 0.05) is 4.88 Å². The molecular formula is C12H13S. The molecule has 0 aliphatic heterocycles. The van der Waals surface area contributed by atoms with Gasteiger partial charge >= 0.3 is 0 Å². The molecule has 0 saturated heterocycles. The van der Waals surface area contributed by atoms with Gasteiger partial charge in [0.15, 0.2) is 0 Å². The summed E-state index contributed by atoms with van der Waals surface area (Å²) in [6, 6.07) is 0. The van der Waals surface area contributed by atoms with Crippen molar-refractivity contribution in [3.8, 4) is 0 Å². The number of hydrogen-bond acceptors (Lipinski definition) is 1. The Bertz CT molecular complexity index is 391. The van der Waals surface area contributed by atoms with Gasteiger partial charge in [-0.2, -0.15) is 0 Å². The van der Waals surface area contributed by atoms with Crippen LogP contribution < -0.4 is 0 Å². The van der Waals surface area contributed by atoms with Crippen molar-refractivity contribution >= 4 is 16.9 Å². The molecule has 2 rings (SSSR count). The molecule has 0 N–H and O–H groups in total. The van der Waals surface area contributed by atoms with Crippen LogP contribution >= 0.6 is 11.3 Å². The van der Waals surface area contributed by atoms with Gasteiger partial charge in [-0.25, -0.2) is 0 Å². The molecule has 0 bridgehead atoms. The molecule has 1 aliphatic rings. The zero-order valence-corrected chi connectivity index (χ0v) is 9.09. The van der Waals surface area contributed by atoms with E-state index in [2.05, 4.69) is 38.3 Å². The highest BCUT2D eigenvalue weighted by atomic mass is 32.1. The van der Waals surface area contributed by atoms with E-state index in [0.717, 1.165) is 6.42 Å². The van der Waals surface area contributed by atoms with E-state index >= 15 is 0 Å². The second-order valence-electron chi connectivity index (χ2n) is 3.52. The fraction of sp³-hybridized carbons (Fsp3) is 0.333. The third kappa shape index (κ3) is 1.37. The lowest BCUT2D eigenvalue weighted by Gasteiger charge is -2.02. The summed E-state index contributed by atoms with van der Waals surface area (Å²) in [5.74, 6) is 0. The zero-order chi connectivity index (χ0) is 9.42. The van der Waals surface area contributed by atoms with Crippen LogP contribution in [0.15, 0.2) is 17.0 Å². The van der Waals surface area contributed by atoms with Crippen LogP contribution in [0.2, 0.25) is 0 Å². The molecule has 0 fully saturated rings. The minimum atomic E-state index is 0.984. The predicted octanol–water partition coefficient (Wildman–Crippen LogP) is 3.90. The normalized spacial score (nSPS) is 15.9. The Morgan fingerprint density at radius 3 is 2.54 bits per heavy atom. The first-order chi connectivity index (χ1) is 6.20. The van der Waals surface area contributed by atoms with E-state index in [1.807, 2.05) is 11.3 Å². The third-order valence-corrected chi connectivity index (χ3v) is 3.81. The molecule has 1 aliphatic carbocycles. The fourth-order valence-corrected chi connectivity index (χ4v) is 2.72. The highest BCUT2D eigenvalue weighted by Crippen LogP contribution is 2.35. The van der Waals surface area contributed by atoms with Crippen LogP contribution in [0.3, 0.4) is 0 Å². The number of rotatable bonds is 1. The SMILES string of the molecule is CC1=CC[C]=C1c1scc(C)c1C. The lowest BCUT2D eigenvalue weighted by atomic mass is 10.1. The molecule has 0 amide bonds. The Morgan fingerprint density at radius 1 is 1.31 bits per heavy atom. The van der Waals surface area contributed by atoms with Crippen LogP contribution in [-0.4, -0.2) is 0 Å². The van der Waals surface area contributed by atoms with Crippen LogP contribution in [0, 0.1) is 19.9 Å². The van der Waals surface area contributed by atoms with E-state index in [0.29, 0.717) is 0 Å². The molecule has 0 spiro atoms. The van der Waals surface area contributed by atoms with Crippen LogP contribution in [-0.2, 0) is 0 Å². The Balaban J connectivity index is 2.47. The average molecular weight is 189 g/mol. The van der Waals surface area contributed by atoms with Crippen molar-refractivity contribution in [2.45, 2.75) is 27.2 Å². The van der Waals surface area contributed by atoms with Crippen molar-refractivity contribution in [3.05, 3.63) is 39.1 Å². The largest absolute Gasteiger partial charge is 0.143 e. The van der Waals surface area contributed by atoms with Gasteiger partial charge in [0.1, 0.15) is 0 Å². The maximum atomic E-state index is 3.41. The highest BCUT2D eigenvalue weighted by Gasteiger charge is 2.13. The molecule has 67 valence electrons. The van der Waals surface area contributed by atoms with Crippen LogP contribution in [0.25, 0.3) is 5.57 Å². The molecule has 1 radical (unpaired) electrons. The highest BCUT2D eigenvalue weighted by molar-refractivity contribution is 7.11. The monoisotopic (exact) mass is 189 g/mol. The van der Waals surface area contributed by atoms with Crippen LogP contribution in [0.4, 0.5) is 0 Å². The van der Waals surface area contributed by atoms with Crippen LogP contribution in [0.5, 0.6) is 0 Å². The lowest BCUT2D eigenvalue weighted by Crippen LogP contribution is -1.83. The Labute approximate surface area is 83.6 Å². The molecule has 0 atom stereocenters. The quantitative estimate of drug-likeness (QED) is 0.628. The Hall–Kier alpha value is -0.820.